The van der Waals surface area contributed by atoms with Crippen molar-refractivity contribution >= 4 is 17.5 Å². The summed E-state index contributed by atoms with van der Waals surface area (Å²) in [5.74, 6) is -1.26. The average molecular weight is 321 g/mol. The Kier molecular flexibility index (Phi) is 4.85. The predicted molar refractivity (Wildman–Crippen MR) is 90.4 cm³/mol. The highest BCUT2D eigenvalue weighted by Crippen LogP contribution is 2.30. The van der Waals surface area contributed by atoms with E-state index >= 15 is 0 Å². The van der Waals surface area contributed by atoms with Gasteiger partial charge in [-0.2, -0.15) is 0 Å². The number of carbonyl (C=O) groups is 3. The molecule has 0 radical (unpaired) electrons. The zero-order valence-corrected chi connectivity index (χ0v) is 13.3. The fraction of sp³-hybridized carbons (Fsp3) is 0.250. The molecule has 1 N–H and O–H groups in total. The highest BCUT2D eigenvalue weighted by atomic mass is 16.2. The van der Waals surface area contributed by atoms with Crippen molar-refractivity contribution in [2.24, 2.45) is 5.92 Å². The summed E-state index contributed by atoms with van der Waals surface area (Å²) >= 11 is 0. The molecule has 4 nitrogen and oxygen atoms in total. The Hall–Kier alpha value is -2.75. The largest absolute Gasteiger partial charge is 0.344 e. The van der Waals surface area contributed by atoms with Gasteiger partial charge in [0.2, 0.25) is 0 Å². The van der Waals surface area contributed by atoms with E-state index in [4.69, 9.17) is 0 Å². The minimum Gasteiger partial charge on any atom is -0.344 e. The lowest BCUT2D eigenvalue weighted by Gasteiger charge is -2.29. The van der Waals surface area contributed by atoms with Crippen molar-refractivity contribution in [1.29, 1.82) is 0 Å². The van der Waals surface area contributed by atoms with E-state index in [9.17, 15) is 14.4 Å². The van der Waals surface area contributed by atoms with Gasteiger partial charge in [-0.25, -0.2) is 0 Å². The van der Waals surface area contributed by atoms with Crippen LogP contribution in [0, 0.1) is 5.92 Å². The number of ketones is 2. The van der Waals surface area contributed by atoms with Crippen LogP contribution in [0.1, 0.15) is 41.2 Å². The van der Waals surface area contributed by atoms with Gasteiger partial charge in [-0.1, -0.05) is 48.5 Å². The van der Waals surface area contributed by atoms with Crippen molar-refractivity contribution in [2.45, 2.75) is 25.3 Å². The molecule has 4 heteroatoms. The zero-order chi connectivity index (χ0) is 16.9. The first kappa shape index (κ1) is 16.1. The van der Waals surface area contributed by atoms with E-state index in [1.54, 1.807) is 24.3 Å². The minimum atomic E-state index is -0.797. The molecular formula is C20H19NO3. The highest BCUT2D eigenvalue weighted by Gasteiger charge is 2.38. The second-order valence-electron chi connectivity index (χ2n) is 5.99. The summed E-state index contributed by atoms with van der Waals surface area (Å²) in [6.45, 7) is 0. The number of amides is 1. The Labute approximate surface area is 140 Å². The Morgan fingerprint density at radius 3 is 2.00 bits per heavy atom. The lowest BCUT2D eigenvalue weighted by molar-refractivity contribution is -0.136. The van der Waals surface area contributed by atoms with E-state index in [-0.39, 0.29) is 17.5 Å². The van der Waals surface area contributed by atoms with Crippen LogP contribution >= 0.6 is 0 Å². The molecule has 122 valence electrons. The van der Waals surface area contributed by atoms with Gasteiger partial charge in [0.25, 0.3) is 5.91 Å². The molecule has 3 rings (SSSR count). The van der Waals surface area contributed by atoms with E-state index in [1.807, 2.05) is 36.4 Å². The molecule has 1 saturated carbocycles. The molecule has 0 bridgehead atoms. The van der Waals surface area contributed by atoms with Gasteiger partial charge in [0.1, 0.15) is 17.5 Å². The third-order valence-corrected chi connectivity index (χ3v) is 4.35. The van der Waals surface area contributed by atoms with Crippen LogP contribution < -0.4 is 5.32 Å². The summed E-state index contributed by atoms with van der Waals surface area (Å²) in [7, 11) is 0. The summed E-state index contributed by atoms with van der Waals surface area (Å²) in [4.78, 5) is 37.3. The van der Waals surface area contributed by atoms with Gasteiger partial charge in [-0.15, -0.1) is 0 Å². The lowest BCUT2D eigenvalue weighted by atomic mass is 9.79. The monoisotopic (exact) mass is 321 g/mol. The Balaban J connectivity index is 1.92. The van der Waals surface area contributed by atoms with Crippen LogP contribution in [-0.4, -0.2) is 17.5 Å². The molecule has 0 heterocycles. The number of carbonyl (C=O) groups excluding carboxylic acids is 3. The van der Waals surface area contributed by atoms with Crippen molar-refractivity contribution in [2.75, 3.05) is 0 Å². The second kappa shape index (κ2) is 7.21. The van der Waals surface area contributed by atoms with E-state index in [0.29, 0.717) is 24.8 Å². The van der Waals surface area contributed by atoms with Crippen molar-refractivity contribution in [1.82, 2.24) is 5.32 Å². The maximum atomic E-state index is 12.6. The first-order valence-electron chi connectivity index (χ1n) is 8.13. The summed E-state index contributed by atoms with van der Waals surface area (Å²) in [6, 6.07) is 17.4. The molecule has 1 aliphatic carbocycles. The molecule has 0 aromatic heterocycles. The van der Waals surface area contributed by atoms with Gasteiger partial charge in [0, 0.05) is 18.4 Å². The first-order chi connectivity index (χ1) is 11.7. The van der Waals surface area contributed by atoms with Gasteiger partial charge >= 0.3 is 0 Å². The van der Waals surface area contributed by atoms with Crippen molar-refractivity contribution in [3.8, 4) is 0 Å². The maximum absolute atomic E-state index is 12.6. The predicted octanol–water partition coefficient (Wildman–Crippen LogP) is 3.10. The third-order valence-electron chi connectivity index (χ3n) is 4.35. The number of benzene rings is 2. The molecule has 1 amide bonds. The van der Waals surface area contributed by atoms with Crippen LogP contribution in [0.3, 0.4) is 0 Å². The smallest absolute Gasteiger partial charge is 0.251 e. The molecule has 2 aromatic carbocycles. The highest BCUT2D eigenvalue weighted by molar-refractivity contribution is 6.06. The number of hydrogen-bond donors (Lipinski definition) is 1. The number of Topliss-reactive ketones (excluding diaryl/α,β-unsaturated/α-hetero) is 2. The van der Waals surface area contributed by atoms with Gasteiger partial charge in [-0.3, -0.25) is 14.4 Å². The van der Waals surface area contributed by atoms with Crippen LogP contribution in [0.5, 0.6) is 0 Å². The third kappa shape index (κ3) is 3.43. The zero-order valence-electron chi connectivity index (χ0n) is 13.3. The first-order valence-corrected chi connectivity index (χ1v) is 8.13. The second-order valence-corrected chi connectivity index (χ2v) is 5.99. The Morgan fingerprint density at radius 1 is 0.875 bits per heavy atom. The van der Waals surface area contributed by atoms with E-state index in [1.165, 1.54) is 0 Å². The topological polar surface area (TPSA) is 63.2 Å². The van der Waals surface area contributed by atoms with Gasteiger partial charge in [-0.05, 0) is 24.1 Å². The lowest BCUT2D eigenvalue weighted by Crippen LogP contribution is -2.42. The van der Waals surface area contributed by atoms with Crippen molar-refractivity contribution in [3.05, 3.63) is 71.8 Å². The number of hydrogen-bond acceptors (Lipinski definition) is 3. The summed E-state index contributed by atoms with van der Waals surface area (Å²) in [6.07, 6.45) is 1.38. The molecule has 1 fully saturated rings. The van der Waals surface area contributed by atoms with Crippen LogP contribution in [0.15, 0.2) is 60.7 Å². The van der Waals surface area contributed by atoms with Crippen LogP contribution in [0.2, 0.25) is 0 Å². The average Bonchev–Trinajstić information content (AvgIpc) is 2.62. The molecule has 0 spiro atoms. The fourth-order valence-electron chi connectivity index (χ4n) is 3.13. The van der Waals surface area contributed by atoms with Crippen molar-refractivity contribution in [3.63, 3.8) is 0 Å². The summed E-state index contributed by atoms with van der Waals surface area (Å²) < 4.78 is 0. The van der Waals surface area contributed by atoms with Gasteiger partial charge in [0.05, 0.1) is 6.04 Å². The quantitative estimate of drug-likeness (QED) is 0.880. The van der Waals surface area contributed by atoms with E-state index in [0.717, 1.165) is 5.56 Å². The van der Waals surface area contributed by atoms with Crippen molar-refractivity contribution < 1.29 is 14.4 Å². The Bertz CT molecular complexity index is 724. The fourth-order valence-corrected chi connectivity index (χ4v) is 3.13. The Morgan fingerprint density at radius 2 is 1.42 bits per heavy atom. The normalized spacial score (nSPS) is 16.7. The number of rotatable bonds is 4. The molecule has 1 aliphatic rings. The molecule has 1 atom stereocenters. The van der Waals surface area contributed by atoms with Gasteiger partial charge < -0.3 is 5.32 Å². The molecule has 0 saturated heterocycles. The molecule has 1 unspecified atom stereocenters. The molecular weight excluding hydrogens is 302 g/mol. The molecule has 2 aromatic rings. The van der Waals surface area contributed by atoms with Crippen LogP contribution in [-0.2, 0) is 9.59 Å². The van der Waals surface area contributed by atoms with Gasteiger partial charge in [0.15, 0.2) is 0 Å². The standard InChI is InChI=1S/C20H19NO3/c22-16-12-7-13-17(23)18(16)19(14-8-3-1-4-9-14)21-20(24)15-10-5-2-6-11-15/h1-6,8-11,18-19H,7,12-13H2,(H,21,24). The SMILES string of the molecule is O=C(NC(c1ccccc1)C1C(=O)CCCC1=O)c1ccccc1. The van der Waals surface area contributed by atoms with Crippen LogP contribution in [0.4, 0.5) is 0 Å². The molecule has 24 heavy (non-hydrogen) atoms. The van der Waals surface area contributed by atoms with Crippen LogP contribution in [0.25, 0.3) is 0 Å². The van der Waals surface area contributed by atoms with E-state index in [2.05, 4.69) is 5.32 Å². The number of nitrogens with one attached hydrogen (secondary N) is 1. The molecule has 0 aliphatic heterocycles. The van der Waals surface area contributed by atoms with E-state index < -0.39 is 12.0 Å². The summed E-state index contributed by atoms with van der Waals surface area (Å²) in [5, 5.41) is 2.90. The summed E-state index contributed by atoms with van der Waals surface area (Å²) in [5.41, 5.74) is 1.28. The minimum absolute atomic E-state index is 0.0894. The maximum Gasteiger partial charge on any atom is 0.251 e.